The summed E-state index contributed by atoms with van der Waals surface area (Å²) in [5.41, 5.74) is 0.812. The number of carbonyl (C=O) groups is 1. The van der Waals surface area contributed by atoms with Crippen LogP contribution in [-0.4, -0.2) is 26.8 Å². The monoisotopic (exact) mass is 424 g/mol. The van der Waals surface area contributed by atoms with E-state index in [1.807, 2.05) is 0 Å². The fourth-order valence-electron chi connectivity index (χ4n) is 2.06. The Kier molecular flexibility index (Phi) is 6.11. The summed E-state index contributed by atoms with van der Waals surface area (Å²) < 4.78 is 5.17. The molecule has 0 spiro atoms. The third kappa shape index (κ3) is 4.90. The second-order valence-electron chi connectivity index (χ2n) is 4.75. The average Bonchev–Trinajstić information content (AvgIpc) is 2.42. The molecule has 0 unspecified atom stereocenters. The summed E-state index contributed by atoms with van der Waals surface area (Å²) in [5, 5.41) is 3.32. The van der Waals surface area contributed by atoms with Crippen LogP contribution < -0.4 is 5.32 Å². The van der Waals surface area contributed by atoms with Gasteiger partial charge in [0.2, 0.25) is 0 Å². The fourth-order valence-corrected chi connectivity index (χ4v) is 3.37. The van der Waals surface area contributed by atoms with Gasteiger partial charge in [-0.1, -0.05) is 49.5 Å². The quantitative estimate of drug-likeness (QED) is 0.586. The molecule has 3 atom stereocenters. The number of ether oxygens (including phenoxy) is 1. The Bertz CT molecular complexity index is 458. The lowest BCUT2D eigenvalue weighted by Gasteiger charge is -2.29. The van der Waals surface area contributed by atoms with Gasteiger partial charge in [0.05, 0.1) is 0 Å². The van der Waals surface area contributed by atoms with Gasteiger partial charge in [0.1, 0.15) is 11.8 Å². The molecule has 0 aromatic carbocycles. The first-order chi connectivity index (χ1) is 9.54. The van der Waals surface area contributed by atoms with E-state index in [4.69, 9.17) is 16.3 Å². The Morgan fingerprint density at radius 2 is 2.20 bits per heavy atom. The number of nitrogens with zero attached hydrogens (tertiary/aromatic N) is 1. The van der Waals surface area contributed by atoms with E-state index in [1.165, 1.54) is 0 Å². The topological polar surface area (TPSA) is 51.2 Å². The summed E-state index contributed by atoms with van der Waals surface area (Å²) in [6.45, 7) is 0.196. The largest absolute Gasteiger partial charge is 0.445 e. The van der Waals surface area contributed by atoms with E-state index >= 15 is 0 Å². The van der Waals surface area contributed by atoms with Crippen molar-refractivity contribution < 1.29 is 9.53 Å². The van der Waals surface area contributed by atoms with Crippen molar-refractivity contribution in [2.45, 2.75) is 41.6 Å². The van der Waals surface area contributed by atoms with Crippen molar-refractivity contribution in [3.8, 4) is 0 Å². The van der Waals surface area contributed by atoms with Crippen LogP contribution in [0, 0.1) is 0 Å². The number of halogens is 3. The molecule has 4 nitrogen and oxygen atoms in total. The predicted molar refractivity (Wildman–Crippen MR) is 85.6 cm³/mol. The first-order valence-corrected chi connectivity index (χ1v) is 8.57. The Labute approximate surface area is 139 Å². The van der Waals surface area contributed by atoms with Gasteiger partial charge >= 0.3 is 6.09 Å². The Morgan fingerprint density at radius 3 is 2.85 bits per heavy atom. The zero-order valence-corrected chi connectivity index (χ0v) is 14.6. The minimum atomic E-state index is -0.391. The van der Waals surface area contributed by atoms with Crippen LogP contribution in [-0.2, 0) is 11.3 Å². The molecule has 1 heterocycles. The van der Waals surface area contributed by atoms with E-state index in [0.717, 1.165) is 24.8 Å². The molecule has 1 amide bonds. The molecule has 1 aromatic heterocycles. The molecule has 1 N–H and O–H groups in total. The van der Waals surface area contributed by atoms with Gasteiger partial charge in [0.25, 0.3) is 0 Å². The first-order valence-electron chi connectivity index (χ1n) is 6.36. The van der Waals surface area contributed by atoms with Crippen LogP contribution in [0.2, 0.25) is 5.15 Å². The summed E-state index contributed by atoms with van der Waals surface area (Å²) in [7, 11) is 0. The molecule has 0 aliphatic heterocycles. The van der Waals surface area contributed by atoms with Crippen LogP contribution >= 0.6 is 43.5 Å². The lowest BCUT2D eigenvalue weighted by Crippen LogP contribution is -2.41. The van der Waals surface area contributed by atoms with Crippen molar-refractivity contribution in [1.82, 2.24) is 10.3 Å². The SMILES string of the molecule is O=C(N[C@H]1CC[C@@H](Br)[C@H](Br)C1)OCc1ccc(Cl)nc1. The van der Waals surface area contributed by atoms with Crippen molar-refractivity contribution in [2.24, 2.45) is 0 Å². The smallest absolute Gasteiger partial charge is 0.407 e. The first kappa shape index (κ1) is 16.0. The van der Waals surface area contributed by atoms with Gasteiger partial charge in [0.15, 0.2) is 0 Å². The number of carbonyl (C=O) groups excluding carboxylic acids is 1. The summed E-state index contributed by atoms with van der Waals surface area (Å²) >= 11 is 12.9. The maximum atomic E-state index is 11.7. The number of alkyl halides is 2. The van der Waals surface area contributed by atoms with Crippen LogP contribution in [0.25, 0.3) is 0 Å². The molecule has 1 aliphatic carbocycles. The molecule has 20 heavy (non-hydrogen) atoms. The fraction of sp³-hybridized carbons (Fsp3) is 0.538. The van der Waals surface area contributed by atoms with Gasteiger partial charge in [-0.3, -0.25) is 0 Å². The zero-order chi connectivity index (χ0) is 14.5. The molecule has 1 aromatic rings. The van der Waals surface area contributed by atoms with Crippen molar-refractivity contribution in [1.29, 1.82) is 0 Å². The molecule has 0 radical (unpaired) electrons. The molecule has 1 saturated carbocycles. The maximum Gasteiger partial charge on any atom is 0.407 e. The van der Waals surface area contributed by atoms with Crippen LogP contribution in [0.15, 0.2) is 18.3 Å². The molecule has 1 aliphatic rings. The standard InChI is InChI=1S/C13H15Br2ClN2O2/c14-10-3-2-9(5-11(10)15)18-13(19)20-7-8-1-4-12(16)17-6-8/h1,4,6,9-11H,2-3,5,7H2,(H,18,19)/t9-,10+,11+/m0/s1. The average molecular weight is 427 g/mol. The minimum Gasteiger partial charge on any atom is -0.445 e. The highest BCUT2D eigenvalue weighted by atomic mass is 79.9. The Morgan fingerprint density at radius 1 is 1.40 bits per heavy atom. The lowest BCUT2D eigenvalue weighted by molar-refractivity contribution is 0.133. The molecule has 7 heteroatoms. The van der Waals surface area contributed by atoms with E-state index < -0.39 is 6.09 Å². The second-order valence-corrected chi connectivity index (χ2v) is 7.49. The highest BCUT2D eigenvalue weighted by Crippen LogP contribution is 2.30. The van der Waals surface area contributed by atoms with Crippen molar-refractivity contribution >= 4 is 49.6 Å². The Hall–Kier alpha value is -0.330. The molecule has 1 fully saturated rings. The number of hydrogen-bond acceptors (Lipinski definition) is 3. The Balaban J connectivity index is 1.74. The predicted octanol–water partition coefficient (Wildman–Crippen LogP) is 4.04. The molecule has 0 bridgehead atoms. The van der Waals surface area contributed by atoms with Crippen LogP contribution in [0.3, 0.4) is 0 Å². The number of rotatable bonds is 3. The number of hydrogen-bond donors (Lipinski definition) is 1. The van der Waals surface area contributed by atoms with Crippen molar-refractivity contribution in [3.63, 3.8) is 0 Å². The van der Waals surface area contributed by atoms with Crippen molar-refractivity contribution in [3.05, 3.63) is 29.0 Å². The highest BCUT2D eigenvalue weighted by molar-refractivity contribution is 9.12. The van der Waals surface area contributed by atoms with E-state index in [2.05, 4.69) is 42.2 Å². The number of aromatic nitrogens is 1. The van der Waals surface area contributed by atoms with E-state index in [0.29, 0.717) is 14.8 Å². The molecular formula is C13H15Br2ClN2O2. The maximum absolute atomic E-state index is 11.7. The number of pyridine rings is 1. The lowest BCUT2D eigenvalue weighted by atomic mass is 9.95. The number of nitrogens with one attached hydrogen (secondary N) is 1. The highest BCUT2D eigenvalue weighted by Gasteiger charge is 2.28. The van der Waals surface area contributed by atoms with Gasteiger partial charge in [-0.05, 0) is 25.3 Å². The molecule has 0 saturated heterocycles. The summed E-state index contributed by atoms with van der Waals surface area (Å²) in [4.78, 5) is 16.5. The third-order valence-electron chi connectivity index (χ3n) is 3.17. The minimum absolute atomic E-state index is 0.156. The molecule has 2 rings (SSSR count). The third-order valence-corrected chi connectivity index (χ3v) is 6.21. The number of amides is 1. The normalized spacial score (nSPS) is 26.1. The van der Waals surface area contributed by atoms with Crippen LogP contribution in [0.4, 0.5) is 4.79 Å². The number of alkyl carbamates (subject to hydrolysis) is 1. The van der Waals surface area contributed by atoms with Gasteiger partial charge in [-0.15, -0.1) is 0 Å². The zero-order valence-electron chi connectivity index (χ0n) is 10.7. The van der Waals surface area contributed by atoms with Gasteiger partial charge in [-0.2, -0.15) is 0 Å². The van der Waals surface area contributed by atoms with Gasteiger partial charge in [0, 0.05) is 27.5 Å². The van der Waals surface area contributed by atoms with Gasteiger partial charge < -0.3 is 10.1 Å². The molecule has 110 valence electrons. The summed E-state index contributed by atoms with van der Waals surface area (Å²) in [5.74, 6) is 0. The van der Waals surface area contributed by atoms with E-state index in [9.17, 15) is 4.79 Å². The summed E-state index contributed by atoms with van der Waals surface area (Å²) in [6, 6.07) is 3.61. The van der Waals surface area contributed by atoms with E-state index in [1.54, 1.807) is 18.3 Å². The van der Waals surface area contributed by atoms with E-state index in [-0.39, 0.29) is 12.6 Å². The van der Waals surface area contributed by atoms with Crippen molar-refractivity contribution in [2.75, 3.05) is 0 Å². The summed E-state index contributed by atoms with van der Waals surface area (Å²) in [6.07, 6.45) is 4.09. The van der Waals surface area contributed by atoms with Gasteiger partial charge in [-0.25, -0.2) is 9.78 Å². The van der Waals surface area contributed by atoms with Crippen LogP contribution in [0.1, 0.15) is 24.8 Å². The molecular weight excluding hydrogens is 411 g/mol. The van der Waals surface area contributed by atoms with Crippen LogP contribution in [0.5, 0.6) is 0 Å². The second kappa shape index (κ2) is 7.61.